The fraction of sp³-hybridized carbons (Fsp3) is 0.875. The van der Waals surface area contributed by atoms with Crippen molar-refractivity contribution < 1.29 is 17.9 Å². The van der Waals surface area contributed by atoms with Crippen LogP contribution < -0.4 is 4.72 Å². The molecular formula is C8H17NO4S. The number of hydrogen-bond acceptors (Lipinski definition) is 4. The Balaban J connectivity index is 4.85. The lowest BCUT2D eigenvalue weighted by Crippen LogP contribution is -2.49. The first-order chi connectivity index (χ1) is 6.08. The van der Waals surface area contributed by atoms with E-state index in [2.05, 4.69) is 9.46 Å². The molecule has 0 aliphatic carbocycles. The molecule has 84 valence electrons. The highest BCUT2D eigenvalue weighted by atomic mass is 32.2. The fourth-order valence-corrected chi connectivity index (χ4v) is 1.79. The summed E-state index contributed by atoms with van der Waals surface area (Å²) >= 11 is 0. The van der Waals surface area contributed by atoms with E-state index in [-0.39, 0.29) is 0 Å². The molecule has 0 spiro atoms. The molecule has 0 saturated heterocycles. The standard InChI is InChI=1S/C8H17NO4S/c1-8(2,3)6(7(10)13-4)9-14(5,11)12/h6,9H,1-5H3. The predicted octanol–water partition coefficient (Wildman–Crippen LogP) is 0.123. The van der Waals surface area contributed by atoms with E-state index in [1.807, 2.05) is 0 Å². The minimum Gasteiger partial charge on any atom is -0.468 e. The summed E-state index contributed by atoms with van der Waals surface area (Å²) in [6.45, 7) is 5.27. The van der Waals surface area contributed by atoms with Crippen molar-refractivity contribution in [1.82, 2.24) is 4.72 Å². The van der Waals surface area contributed by atoms with Gasteiger partial charge in [-0.05, 0) is 5.41 Å². The maximum Gasteiger partial charge on any atom is 0.324 e. The van der Waals surface area contributed by atoms with Gasteiger partial charge < -0.3 is 4.74 Å². The third kappa shape index (κ3) is 4.57. The van der Waals surface area contributed by atoms with Crippen LogP contribution in [0.2, 0.25) is 0 Å². The lowest BCUT2D eigenvalue weighted by atomic mass is 9.87. The SMILES string of the molecule is COC(=O)C(NS(C)(=O)=O)C(C)(C)C. The molecule has 0 radical (unpaired) electrons. The van der Waals surface area contributed by atoms with Crippen molar-refractivity contribution in [3.63, 3.8) is 0 Å². The minimum atomic E-state index is -3.41. The summed E-state index contributed by atoms with van der Waals surface area (Å²) < 4.78 is 28.7. The number of rotatable bonds is 3. The molecule has 0 aromatic rings. The molecule has 0 rings (SSSR count). The van der Waals surface area contributed by atoms with Gasteiger partial charge in [0.05, 0.1) is 13.4 Å². The van der Waals surface area contributed by atoms with Gasteiger partial charge in [0.15, 0.2) is 0 Å². The molecule has 0 amide bonds. The number of hydrogen-bond donors (Lipinski definition) is 1. The highest BCUT2D eigenvalue weighted by Gasteiger charge is 2.34. The van der Waals surface area contributed by atoms with Gasteiger partial charge in [-0.1, -0.05) is 20.8 Å². The molecule has 1 N–H and O–H groups in total. The molecule has 14 heavy (non-hydrogen) atoms. The smallest absolute Gasteiger partial charge is 0.324 e. The second-order valence-electron chi connectivity index (χ2n) is 4.21. The Morgan fingerprint density at radius 2 is 1.79 bits per heavy atom. The Kier molecular flexibility index (Phi) is 4.08. The summed E-state index contributed by atoms with van der Waals surface area (Å²) in [7, 11) is -2.19. The highest BCUT2D eigenvalue weighted by molar-refractivity contribution is 7.88. The van der Waals surface area contributed by atoms with E-state index in [0.29, 0.717) is 0 Å². The van der Waals surface area contributed by atoms with Crippen LogP contribution in [0.3, 0.4) is 0 Å². The van der Waals surface area contributed by atoms with Gasteiger partial charge in [-0.2, -0.15) is 0 Å². The van der Waals surface area contributed by atoms with Crippen molar-refractivity contribution in [1.29, 1.82) is 0 Å². The molecule has 1 atom stereocenters. The van der Waals surface area contributed by atoms with Gasteiger partial charge >= 0.3 is 5.97 Å². The predicted molar refractivity (Wildman–Crippen MR) is 53.2 cm³/mol. The number of ether oxygens (including phenoxy) is 1. The fourth-order valence-electron chi connectivity index (χ4n) is 0.910. The zero-order chi connectivity index (χ0) is 11.6. The largest absolute Gasteiger partial charge is 0.468 e. The number of nitrogens with one attached hydrogen (secondary N) is 1. The van der Waals surface area contributed by atoms with Crippen LogP contribution in [0, 0.1) is 5.41 Å². The summed E-state index contributed by atoms with van der Waals surface area (Å²) in [5.41, 5.74) is -0.518. The van der Waals surface area contributed by atoms with Crippen molar-refractivity contribution in [3.8, 4) is 0 Å². The van der Waals surface area contributed by atoms with Gasteiger partial charge in [-0.15, -0.1) is 0 Å². The van der Waals surface area contributed by atoms with Gasteiger partial charge in [0.1, 0.15) is 6.04 Å². The van der Waals surface area contributed by atoms with Crippen LogP contribution in [0.1, 0.15) is 20.8 Å². The number of carbonyl (C=O) groups excluding carboxylic acids is 1. The van der Waals surface area contributed by atoms with E-state index < -0.39 is 27.4 Å². The highest BCUT2D eigenvalue weighted by Crippen LogP contribution is 2.20. The van der Waals surface area contributed by atoms with E-state index in [1.54, 1.807) is 20.8 Å². The Labute approximate surface area is 84.9 Å². The maximum absolute atomic E-state index is 11.3. The molecule has 0 fully saturated rings. The van der Waals surface area contributed by atoms with Crippen LogP contribution in [-0.2, 0) is 19.6 Å². The number of methoxy groups -OCH3 is 1. The summed E-state index contributed by atoms with van der Waals surface area (Å²) in [5.74, 6) is -0.581. The molecule has 0 aliphatic heterocycles. The molecule has 6 heteroatoms. The summed E-state index contributed by atoms with van der Waals surface area (Å²) in [5, 5.41) is 0. The van der Waals surface area contributed by atoms with Crippen LogP contribution >= 0.6 is 0 Å². The van der Waals surface area contributed by atoms with Gasteiger partial charge in [-0.3, -0.25) is 4.79 Å². The van der Waals surface area contributed by atoms with Crippen LogP contribution in [0.5, 0.6) is 0 Å². The zero-order valence-electron chi connectivity index (χ0n) is 9.12. The first-order valence-corrected chi connectivity index (χ1v) is 6.02. The van der Waals surface area contributed by atoms with E-state index in [4.69, 9.17) is 0 Å². The molecule has 0 aromatic heterocycles. The Hall–Kier alpha value is -0.620. The monoisotopic (exact) mass is 223 g/mol. The van der Waals surface area contributed by atoms with E-state index >= 15 is 0 Å². The van der Waals surface area contributed by atoms with Crippen molar-refractivity contribution in [2.45, 2.75) is 26.8 Å². The number of sulfonamides is 1. The quantitative estimate of drug-likeness (QED) is 0.690. The van der Waals surface area contributed by atoms with Crippen LogP contribution in [-0.4, -0.2) is 33.8 Å². The van der Waals surface area contributed by atoms with Crippen molar-refractivity contribution >= 4 is 16.0 Å². The molecule has 0 bridgehead atoms. The molecule has 0 aliphatic rings. The molecule has 0 saturated carbocycles. The molecular weight excluding hydrogens is 206 g/mol. The van der Waals surface area contributed by atoms with E-state index in [0.717, 1.165) is 6.26 Å². The lowest BCUT2D eigenvalue weighted by molar-refractivity contribution is -0.145. The summed E-state index contributed by atoms with van der Waals surface area (Å²) in [4.78, 5) is 11.3. The normalized spacial score (nSPS) is 14.9. The minimum absolute atomic E-state index is 0.518. The number of carbonyl (C=O) groups is 1. The average Bonchev–Trinajstić information content (AvgIpc) is 1.95. The van der Waals surface area contributed by atoms with Crippen molar-refractivity contribution in [2.75, 3.05) is 13.4 Å². The first kappa shape index (κ1) is 13.4. The Morgan fingerprint density at radius 3 is 2.00 bits per heavy atom. The third-order valence-electron chi connectivity index (χ3n) is 1.63. The first-order valence-electron chi connectivity index (χ1n) is 4.13. The Bertz CT molecular complexity index is 302. The van der Waals surface area contributed by atoms with Crippen molar-refractivity contribution in [2.24, 2.45) is 5.41 Å². The molecule has 5 nitrogen and oxygen atoms in total. The zero-order valence-corrected chi connectivity index (χ0v) is 9.94. The topological polar surface area (TPSA) is 72.5 Å². The number of esters is 1. The third-order valence-corrected chi connectivity index (χ3v) is 2.30. The second-order valence-corrected chi connectivity index (χ2v) is 5.99. The van der Waals surface area contributed by atoms with E-state index in [9.17, 15) is 13.2 Å². The summed E-state index contributed by atoms with van der Waals surface area (Å²) in [6, 6.07) is -0.859. The summed E-state index contributed by atoms with van der Waals surface area (Å²) in [6.07, 6.45) is 1.01. The van der Waals surface area contributed by atoms with Crippen LogP contribution in [0.25, 0.3) is 0 Å². The second kappa shape index (κ2) is 4.27. The van der Waals surface area contributed by atoms with Crippen molar-refractivity contribution in [3.05, 3.63) is 0 Å². The van der Waals surface area contributed by atoms with E-state index in [1.165, 1.54) is 7.11 Å². The van der Waals surface area contributed by atoms with Crippen LogP contribution in [0.15, 0.2) is 0 Å². The average molecular weight is 223 g/mol. The molecule has 1 unspecified atom stereocenters. The molecule has 0 aromatic carbocycles. The van der Waals surface area contributed by atoms with Gasteiger partial charge in [0.2, 0.25) is 10.0 Å². The van der Waals surface area contributed by atoms with Gasteiger partial charge in [0.25, 0.3) is 0 Å². The lowest BCUT2D eigenvalue weighted by Gasteiger charge is -2.28. The van der Waals surface area contributed by atoms with Gasteiger partial charge in [0, 0.05) is 0 Å². The Morgan fingerprint density at radius 1 is 1.36 bits per heavy atom. The molecule has 0 heterocycles. The maximum atomic E-state index is 11.3. The van der Waals surface area contributed by atoms with Crippen LogP contribution in [0.4, 0.5) is 0 Å². The van der Waals surface area contributed by atoms with Gasteiger partial charge in [-0.25, -0.2) is 13.1 Å².